The summed E-state index contributed by atoms with van der Waals surface area (Å²) < 4.78 is 3.26. The van der Waals surface area contributed by atoms with Crippen molar-refractivity contribution in [2.24, 2.45) is 7.05 Å². The Morgan fingerprint density at radius 3 is 2.75 bits per heavy atom. The number of hydrogen-bond donors (Lipinski definition) is 1. The van der Waals surface area contributed by atoms with Gasteiger partial charge < -0.3 is 9.88 Å². The molecule has 1 aromatic heterocycles. The van der Waals surface area contributed by atoms with Gasteiger partial charge in [-0.05, 0) is 36.8 Å². The first-order valence-corrected chi connectivity index (χ1v) is 6.06. The van der Waals surface area contributed by atoms with Gasteiger partial charge in [0.25, 0.3) is 0 Å². The number of hydrogen-bond acceptors (Lipinski definition) is 1. The monoisotopic (exact) mass is 278 g/mol. The summed E-state index contributed by atoms with van der Waals surface area (Å²) in [7, 11) is 2.06. The topological polar surface area (TPSA) is 17.0 Å². The molecule has 2 rings (SSSR count). The van der Waals surface area contributed by atoms with Gasteiger partial charge in [-0.3, -0.25) is 0 Å². The van der Waals surface area contributed by atoms with Crippen LogP contribution < -0.4 is 5.32 Å². The second kappa shape index (κ2) is 4.74. The molecule has 2 aromatic rings. The Kier molecular flexibility index (Phi) is 3.34. The number of halogens is 1. The second-order valence-corrected chi connectivity index (χ2v) is 4.78. The Morgan fingerprint density at radius 2 is 2.12 bits per heavy atom. The molecule has 1 aromatic carbocycles. The van der Waals surface area contributed by atoms with E-state index in [0.29, 0.717) is 0 Å². The Morgan fingerprint density at radius 1 is 1.31 bits per heavy atom. The molecule has 1 N–H and O–H groups in total. The summed E-state index contributed by atoms with van der Waals surface area (Å²) in [5.41, 5.74) is 3.67. The van der Waals surface area contributed by atoms with Crippen LogP contribution in [0.1, 0.15) is 11.3 Å². The molecule has 2 nitrogen and oxygen atoms in total. The highest BCUT2D eigenvalue weighted by Gasteiger charge is 1.99. The minimum absolute atomic E-state index is 0.846. The first-order chi connectivity index (χ1) is 7.66. The highest BCUT2D eigenvalue weighted by atomic mass is 79.9. The normalized spacial score (nSPS) is 10.4. The summed E-state index contributed by atoms with van der Waals surface area (Å²) >= 11 is 3.53. The molecule has 84 valence electrons. The summed E-state index contributed by atoms with van der Waals surface area (Å²) in [6.07, 6.45) is 2.06. The van der Waals surface area contributed by atoms with Gasteiger partial charge in [0, 0.05) is 29.1 Å². The molecule has 0 saturated heterocycles. The Balaban J connectivity index is 2.05. The van der Waals surface area contributed by atoms with Crippen LogP contribution in [0.2, 0.25) is 0 Å². The van der Waals surface area contributed by atoms with Gasteiger partial charge in [0.05, 0.1) is 6.54 Å². The average Bonchev–Trinajstić information content (AvgIpc) is 2.66. The summed E-state index contributed by atoms with van der Waals surface area (Å²) in [5, 5.41) is 3.41. The summed E-state index contributed by atoms with van der Waals surface area (Å²) in [6.45, 7) is 2.93. The maximum atomic E-state index is 3.53. The maximum absolute atomic E-state index is 3.53. The summed E-state index contributed by atoms with van der Waals surface area (Å²) in [5.74, 6) is 0. The van der Waals surface area contributed by atoms with E-state index in [2.05, 4.69) is 76.3 Å². The molecule has 0 amide bonds. The lowest BCUT2D eigenvalue weighted by Gasteiger charge is -2.08. The molecule has 0 radical (unpaired) electrons. The van der Waals surface area contributed by atoms with Crippen molar-refractivity contribution in [2.75, 3.05) is 5.32 Å². The minimum Gasteiger partial charge on any atom is -0.379 e. The highest BCUT2D eigenvalue weighted by Crippen LogP contribution is 2.21. The number of aryl methyl sites for hydroxylation is 2. The minimum atomic E-state index is 0.846. The van der Waals surface area contributed by atoms with Crippen LogP contribution in [0.3, 0.4) is 0 Å². The number of benzene rings is 1. The fourth-order valence-electron chi connectivity index (χ4n) is 1.58. The van der Waals surface area contributed by atoms with Crippen LogP contribution in [-0.4, -0.2) is 4.57 Å². The van der Waals surface area contributed by atoms with Crippen molar-refractivity contribution < 1.29 is 0 Å². The average molecular weight is 279 g/mol. The number of aromatic nitrogens is 1. The van der Waals surface area contributed by atoms with Gasteiger partial charge >= 0.3 is 0 Å². The van der Waals surface area contributed by atoms with Gasteiger partial charge in [-0.25, -0.2) is 0 Å². The van der Waals surface area contributed by atoms with Crippen LogP contribution >= 0.6 is 15.9 Å². The first kappa shape index (κ1) is 11.3. The van der Waals surface area contributed by atoms with Crippen molar-refractivity contribution >= 4 is 21.6 Å². The lowest BCUT2D eigenvalue weighted by Crippen LogP contribution is -2.03. The smallest absolute Gasteiger partial charge is 0.0553 e. The molecule has 0 aliphatic rings. The van der Waals surface area contributed by atoms with E-state index in [9.17, 15) is 0 Å². The quantitative estimate of drug-likeness (QED) is 0.906. The third kappa shape index (κ3) is 2.47. The molecule has 0 fully saturated rings. The predicted octanol–water partition coefficient (Wildman–Crippen LogP) is 3.71. The number of nitrogens with one attached hydrogen (secondary N) is 1. The molecular formula is C13H15BrN2. The van der Waals surface area contributed by atoms with Crippen molar-refractivity contribution in [3.05, 3.63) is 52.3 Å². The maximum Gasteiger partial charge on any atom is 0.0553 e. The number of rotatable bonds is 3. The van der Waals surface area contributed by atoms with E-state index in [1.54, 1.807) is 0 Å². The van der Waals surface area contributed by atoms with Crippen molar-refractivity contribution in [1.82, 2.24) is 4.57 Å². The van der Waals surface area contributed by atoms with Crippen LogP contribution in [0.15, 0.2) is 41.0 Å². The van der Waals surface area contributed by atoms with Crippen LogP contribution in [-0.2, 0) is 13.6 Å². The molecular weight excluding hydrogens is 264 g/mol. The van der Waals surface area contributed by atoms with Crippen LogP contribution in [0.4, 0.5) is 5.69 Å². The molecule has 0 bridgehead atoms. The third-order valence-electron chi connectivity index (χ3n) is 2.70. The summed E-state index contributed by atoms with van der Waals surface area (Å²) in [4.78, 5) is 0. The zero-order chi connectivity index (χ0) is 11.5. The third-order valence-corrected chi connectivity index (χ3v) is 3.55. The molecule has 16 heavy (non-hydrogen) atoms. The van der Waals surface area contributed by atoms with Crippen LogP contribution in [0, 0.1) is 6.92 Å². The van der Waals surface area contributed by atoms with E-state index < -0.39 is 0 Å². The number of anilines is 1. The Bertz CT molecular complexity index is 488. The molecule has 0 saturated carbocycles. The lowest BCUT2D eigenvalue weighted by molar-refractivity contribution is 0.842. The molecule has 0 aliphatic carbocycles. The lowest BCUT2D eigenvalue weighted by atomic mass is 10.2. The fourth-order valence-corrected chi connectivity index (χ4v) is 1.95. The predicted molar refractivity (Wildman–Crippen MR) is 71.6 cm³/mol. The fraction of sp³-hybridized carbons (Fsp3) is 0.231. The van der Waals surface area contributed by atoms with E-state index >= 15 is 0 Å². The van der Waals surface area contributed by atoms with Gasteiger partial charge in [-0.15, -0.1) is 0 Å². The first-order valence-electron chi connectivity index (χ1n) is 5.27. The molecule has 1 heterocycles. The standard InChI is InChI=1S/C13H15BrN2/c1-10-5-6-11(8-13(10)14)15-9-12-4-3-7-16(12)2/h3-8,15H,9H2,1-2H3. The zero-order valence-electron chi connectivity index (χ0n) is 9.50. The van der Waals surface area contributed by atoms with E-state index in [-0.39, 0.29) is 0 Å². The van der Waals surface area contributed by atoms with Crippen LogP contribution in [0.5, 0.6) is 0 Å². The SMILES string of the molecule is Cc1ccc(NCc2cccn2C)cc1Br. The van der Waals surface area contributed by atoms with Gasteiger partial charge in [0.1, 0.15) is 0 Å². The highest BCUT2D eigenvalue weighted by molar-refractivity contribution is 9.10. The van der Waals surface area contributed by atoms with E-state index in [1.807, 2.05) is 0 Å². The number of nitrogens with zero attached hydrogens (tertiary/aromatic N) is 1. The van der Waals surface area contributed by atoms with Gasteiger partial charge in [-0.1, -0.05) is 22.0 Å². The van der Waals surface area contributed by atoms with E-state index in [0.717, 1.165) is 16.7 Å². The summed E-state index contributed by atoms with van der Waals surface area (Å²) in [6, 6.07) is 10.5. The molecule has 0 unspecified atom stereocenters. The molecule has 3 heteroatoms. The van der Waals surface area contributed by atoms with Gasteiger partial charge in [0.2, 0.25) is 0 Å². The molecule has 0 atom stereocenters. The van der Waals surface area contributed by atoms with Crippen molar-refractivity contribution in [3.8, 4) is 0 Å². The molecule has 0 spiro atoms. The Hall–Kier alpha value is -1.22. The van der Waals surface area contributed by atoms with E-state index in [4.69, 9.17) is 0 Å². The van der Waals surface area contributed by atoms with Gasteiger partial charge in [0.15, 0.2) is 0 Å². The van der Waals surface area contributed by atoms with Crippen molar-refractivity contribution in [1.29, 1.82) is 0 Å². The second-order valence-electron chi connectivity index (χ2n) is 3.93. The van der Waals surface area contributed by atoms with Gasteiger partial charge in [-0.2, -0.15) is 0 Å². The Labute approximate surface area is 104 Å². The van der Waals surface area contributed by atoms with Crippen molar-refractivity contribution in [3.63, 3.8) is 0 Å². The largest absolute Gasteiger partial charge is 0.379 e. The van der Waals surface area contributed by atoms with Crippen LogP contribution in [0.25, 0.3) is 0 Å². The zero-order valence-corrected chi connectivity index (χ0v) is 11.1. The van der Waals surface area contributed by atoms with Crippen molar-refractivity contribution in [2.45, 2.75) is 13.5 Å². The molecule has 0 aliphatic heterocycles. The van der Waals surface area contributed by atoms with E-state index in [1.165, 1.54) is 11.3 Å².